The Hall–Kier alpha value is -1.81. The number of benzene rings is 1. The summed E-state index contributed by atoms with van der Waals surface area (Å²) in [6.45, 7) is 2.22. The van der Waals surface area contributed by atoms with E-state index < -0.39 is 0 Å². The molecule has 1 aliphatic heterocycles. The van der Waals surface area contributed by atoms with Gasteiger partial charge in [0.05, 0.1) is 11.4 Å². The van der Waals surface area contributed by atoms with Crippen molar-refractivity contribution in [2.24, 2.45) is 0 Å². The molecule has 0 bridgehead atoms. The van der Waals surface area contributed by atoms with Crippen LogP contribution in [-0.2, 0) is 0 Å². The molecule has 0 amide bonds. The first-order valence-corrected chi connectivity index (χ1v) is 9.63. The molecule has 1 saturated heterocycles. The van der Waals surface area contributed by atoms with Gasteiger partial charge >= 0.3 is 0 Å². The topological polar surface area (TPSA) is 29.0 Å². The van der Waals surface area contributed by atoms with E-state index in [1.165, 1.54) is 51.1 Å². The average molecular weight is 339 g/mol. The molecular weight excluding hydrogens is 313 g/mol. The van der Waals surface area contributed by atoms with Gasteiger partial charge in [-0.1, -0.05) is 31.4 Å². The summed E-state index contributed by atoms with van der Waals surface area (Å²) in [5.74, 6) is 0.128. The number of nitrogens with zero attached hydrogens (tertiary/aromatic N) is 3. The normalized spacial score (nSPS) is 22.8. The van der Waals surface area contributed by atoms with Crippen molar-refractivity contribution in [2.75, 3.05) is 13.1 Å². The SMILES string of the molecule is Fc1ccccc1-c1nccnc1C1CCCN(C2CCCCC2)C1. The van der Waals surface area contributed by atoms with Crippen LogP contribution in [0.5, 0.6) is 0 Å². The molecule has 132 valence electrons. The van der Waals surface area contributed by atoms with E-state index in [4.69, 9.17) is 0 Å². The summed E-state index contributed by atoms with van der Waals surface area (Å²) in [5, 5.41) is 0. The first-order valence-electron chi connectivity index (χ1n) is 9.63. The third-order valence-corrected chi connectivity index (χ3v) is 5.79. The standard InChI is InChI=1S/C21H26FN3/c22-19-11-5-4-10-18(19)21-20(23-12-13-24-21)16-7-6-14-25(15-16)17-8-2-1-3-9-17/h4-5,10-13,16-17H,1-3,6-9,14-15H2. The third-order valence-electron chi connectivity index (χ3n) is 5.79. The Labute approximate surface area is 149 Å². The number of likely N-dealkylation sites (tertiary alicyclic amines) is 1. The summed E-state index contributed by atoms with van der Waals surface area (Å²) >= 11 is 0. The van der Waals surface area contributed by atoms with Gasteiger partial charge in [0.2, 0.25) is 0 Å². The predicted octanol–water partition coefficient (Wildman–Crippen LogP) is 4.79. The zero-order chi connectivity index (χ0) is 17.1. The van der Waals surface area contributed by atoms with Gasteiger partial charge in [-0.15, -0.1) is 0 Å². The van der Waals surface area contributed by atoms with Gasteiger partial charge in [-0.25, -0.2) is 4.39 Å². The summed E-state index contributed by atoms with van der Waals surface area (Å²) in [6, 6.07) is 7.63. The molecule has 0 spiro atoms. The Balaban J connectivity index is 1.60. The molecule has 2 aliphatic rings. The second-order valence-electron chi connectivity index (χ2n) is 7.40. The third kappa shape index (κ3) is 3.59. The summed E-state index contributed by atoms with van der Waals surface area (Å²) in [6.07, 6.45) is 12.5. The molecule has 1 saturated carbocycles. The monoisotopic (exact) mass is 339 g/mol. The lowest BCUT2D eigenvalue weighted by Crippen LogP contribution is -2.43. The van der Waals surface area contributed by atoms with Gasteiger partial charge in [0, 0.05) is 36.5 Å². The van der Waals surface area contributed by atoms with Crippen LogP contribution in [0.1, 0.15) is 56.6 Å². The van der Waals surface area contributed by atoms with Crippen molar-refractivity contribution in [3.05, 3.63) is 48.2 Å². The fourth-order valence-corrected chi connectivity index (χ4v) is 4.52. The Morgan fingerprint density at radius 3 is 2.56 bits per heavy atom. The van der Waals surface area contributed by atoms with Crippen LogP contribution < -0.4 is 0 Å². The molecule has 0 radical (unpaired) electrons. The van der Waals surface area contributed by atoms with Crippen molar-refractivity contribution < 1.29 is 4.39 Å². The fourth-order valence-electron chi connectivity index (χ4n) is 4.52. The average Bonchev–Trinajstić information content (AvgIpc) is 2.69. The highest BCUT2D eigenvalue weighted by Crippen LogP contribution is 2.35. The number of halogens is 1. The zero-order valence-corrected chi connectivity index (χ0v) is 14.7. The van der Waals surface area contributed by atoms with E-state index in [0.29, 0.717) is 11.5 Å². The van der Waals surface area contributed by atoms with Crippen molar-refractivity contribution in [3.63, 3.8) is 0 Å². The molecule has 1 unspecified atom stereocenters. The Kier molecular flexibility index (Phi) is 5.07. The van der Waals surface area contributed by atoms with Crippen molar-refractivity contribution in [3.8, 4) is 11.3 Å². The summed E-state index contributed by atoms with van der Waals surface area (Å²) in [4.78, 5) is 11.8. The molecule has 1 aromatic carbocycles. The van der Waals surface area contributed by atoms with E-state index in [0.717, 1.165) is 30.4 Å². The lowest BCUT2D eigenvalue weighted by molar-refractivity contribution is 0.118. The van der Waals surface area contributed by atoms with Gasteiger partial charge in [-0.3, -0.25) is 14.9 Å². The molecular formula is C21H26FN3. The van der Waals surface area contributed by atoms with E-state index in [2.05, 4.69) is 14.9 Å². The number of piperidine rings is 1. The van der Waals surface area contributed by atoms with E-state index >= 15 is 0 Å². The molecule has 25 heavy (non-hydrogen) atoms. The Morgan fingerprint density at radius 1 is 0.920 bits per heavy atom. The predicted molar refractivity (Wildman–Crippen MR) is 97.8 cm³/mol. The Morgan fingerprint density at radius 2 is 1.72 bits per heavy atom. The second-order valence-corrected chi connectivity index (χ2v) is 7.40. The molecule has 4 rings (SSSR count). The van der Waals surface area contributed by atoms with Crippen molar-refractivity contribution in [2.45, 2.75) is 56.9 Å². The lowest BCUT2D eigenvalue weighted by Gasteiger charge is -2.40. The number of hydrogen-bond donors (Lipinski definition) is 0. The van der Waals surface area contributed by atoms with E-state index in [1.54, 1.807) is 18.5 Å². The second kappa shape index (κ2) is 7.61. The first kappa shape index (κ1) is 16.6. The van der Waals surface area contributed by atoms with Gasteiger partial charge in [-0.2, -0.15) is 0 Å². The zero-order valence-electron chi connectivity index (χ0n) is 14.7. The summed E-state index contributed by atoms with van der Waals surface area (Å²) < 4.78 is 14.3. The van der Waals surface area contributed by atoms with Gasteiger partial charge in [0.25, 0.3) is 0 Å². The van der Waals surface area contributed by atoms with Crippen LogP contribution in [-0.4, -0.2) is 34.0 Å². The largest absolute Gasteiger partial charge is 0.300 e. The van der Waals surface area contributed by atoms with Gasteiger partial charge in [-0.05, 0) is 44.4 Å². The molecule has 1 atom stereocenters. The van der Waals surface area contributed by atoms with Crippen molar-refractivity contribution in [1.82, 2.24) is 14.9 Å². The number of hydrogen-bond acceptors (Lipinski definition) is 3. The molecule has 4 heteroatoms. The fraction of sp³-hybridized carbons (Fsp3) is 0.524. The van der Waals surface area contributed by atoms with Crippen LogP contribution in [0.15, 0.2) is 36.7 Å². The van der Waals surface area contributed by atoms with E-state index in [-0.39, 0.29) is 5.82 Å². The van der Waals surface area contributed by atoms with Gasteiger partial charge in [0.1, 0.15) is 5.82 Å². The minimum atomic E-state index is -0.218. The molecule has 2 aromatic rings. The van der Waals surface area contributed by atoms with E-state index in [1.807, 2.05) is 12.1 Å². The maximum atomic E-state index is 14.3. The molecule has 3 nitrogen and oxygen atoms in total. The van der Waals surface area contributed by atoms with Crippen LogP contribution in [0.2, 0.25) is 0 Å². The number of rotatable bonds is 3. The van der Waals surface area contributed by atoms with Crippen molar-refractivity contribution in [1.29, 1.82) is 0 Å². The summed E-state index contributed by atoms with van der Waals surface area (Å²) in [5.41, 5.74) is 2.25. The molecule has 2 fully saturated rings. The highest BCUT2D eigenvalue weighted by atomic mass is 19.1. The Bertz CT molecular complexity index is 712. The highest BCUT2D eigenvalue weighted by Gasteiger charge is 2.30. The smallest absolute Gasteiger partial charge is 0.132 e. The van der Waals surface area contributed by atoms with Gasteiger partial charge < -0.3 is 0 Å². The molecule has 2 heterocycles. The van der Waals surface area contributed by atoms with Gasteiger partial charge in [0.15, 0.2) is 0 Å². The maximum Gasteiger partial charge on any atom is 0.132 e. The van der Waals surface area contributed by atoms with Crippen LogP contribution in [0.3, 0.4) is 0 Å². The van der Waals surface area contributed by atoms with Crippen LogP contribution in [0.25, 0.3) is 11.3 Å². The minimum absolute atomic E-state index is 0.218. The van der Waals surface area contributed by atoms with Crippen LogP contribution >= 0.6 is 0 Å². The highest BCUT2D eigenvalue weighted by molar-refractivity contribution is 5.62. The summed E-state index contributed by atoms with van der Waals surface area (Å²) in [7, 11) is 0. The quantitative estimate of drug-likeness (QED) is 0.805. The maximum absolute atomic E-state index is 14.3. The lowest BCUT2D eigenvalue weighted by atomic mass is 9.87. The minimum Gasteiger partial charge on any atom is -0.300 e. The van der Waals surface area contributed by atoms with Crippen molar-refractivity contribution >= 4 is 0 Å². The molecule has 0 N–H and O–H groups in total. The van der Waals surface area contributed by atoms with Crippen LogP contribution in [0.4, 0.5) is 4.39 Å². The number of aromatic nitrogens is 2. The molecule has 1 aliphatic carbocycles. The first-order chi connectivity index (χ1) is 12.3. The van der Waals surface area contributed by atoms with Crippen LogP contribution in [0, 0.1) is 5.82 Å². The van der Waals surface area contributed by atoms with E-state index in [9.17, 15) is 4.39 Å². The molecule has 1 aromatic heterocycles.